The first-order valence-corrected chi connectivity index (χ1v) is 4.92. The molecule has 0 amide bonds. The van der Waals surface area contributed by atoms with E-state index in [9.17, 15) is 14.6 Å². The lowest BCUT2D eigenvalue weighted by Crippen LogP contribution is -1.82. The zero-order valence-electron chi connectivity index (χ0n) is 8.11. The lowest BCUT2D eigenvalue weighted by Gasteiger charge is -2.06. The molecule has 0 spiro atoms. The van der Waals surface area contributed by atoms with Gasteiger partial charge >= 0.3 is 0 Å². The summed E-state index contributed by atoms with van der Waals surface area (Å²) in [5, 5.41) is 19.3. The highest BCUT2D eigenvalue weighted by Crippen LogP contribution is 2.33. The molecular formula is C12H8ClFO2. The maximum atomic E-state index is 13.0. The molecule has 0 aromatic heterocycles. The van der Waals surface area contributed by atoms with Crippen molar-refractivity contribution in [2.45, 2.75) is 0 Å². The molecule has 0 saturated heterocycles. The Morgan fingerprint density at radius 3 is 2.44 bits per heavy atom. The second kappa shape index (κ2) is 4.02. The minimum atomic E-state index is -0.465. The number of phenolic OH excluding ortho intramolecular Hbond substituents is 2. The number of aromatic hydroxyl groups is 2. The largest absolute Gasteiger partial charge is 0.508 e. The van der Waals surface area contributed by atoms with E-state index in [-0.39, 0.29) is 17.1 Å². The van der Waals surface area contributed by atoms with E-state index in [1.165, 1.54) is 30.3 Å². The predicted molar refractivity (Wildman–Crippen MR) is 60.2 cm³/mol. The van der Waals surface area contributed by atoms with E-state index in [0.717, 1.165) is 6.07 Å². The second-order valence-electron chi connectivity index (χ2n) is 3.36. The SMILES string of the molecule is Oc1cc(Cl)cc(-c2cc(F)ccc2O)c1. The number of rotatable bonds is 1. The van der Waals surface area contributed by atoms with Gasteiger partial charge in [-0.2, -0.15) is 0 Å². The van der Waals surface area contributed by atoms with Gasteiger partial charge in [0.1, 0.15) is 17.3 Å². The van der Waals surface area contributed by atoms with Crippen LogP contribution < -0.4 is 0 Å². The minimum Gasteiger partial charge on any atom is -0.508 e. The maximum absolute atomic E-state index is 13.0. The summed E-state index contributed by atoms with van der Waals surface area (Å²) < 4.78 is 13.0. The van der Waals surface area contributed by atoms with Gasteiger partial charge in [0.25, 0.3) is 0 Å². The van der Waals surface area contributed by atoms with Crippen LogP contribution in [0, 0.1) is 5.82 Å². The summed E-state index contributed by atoms with van der Waals surface area (Å²) in [4.78, 5) is 0. The third-order valence-corrected chi connectivity index (χ3v) is 2.37. The molecule has 0 saturated carbocycles. The van der Waals surface area contributed by atoms with Crippen LogP contribution >= 0.6 is 11.6 Å². The Balaban J connectivity index is 2.62. The van der Waals surface area contributed by atoms with Crippen molar-refractivity contribution < 1.29 is 14.6 Å². The molecule has 0 fully saturated rings. The van der Waals surface area contributed by atoms with Gasteiger partial charge < -0.3 is 10.2 Å². The molecule has 0 aliphatic heterocycles. The first-order chi connectivity index (χ1) is 7.56. The van der Waals surface area contributed by atoms with Gasteiger partial charge in [-0.1, -0.05) is 11.6 Å². The summed E-state index contributed by atoms with van der Waals surface area (Å²) in [5.41, 5.74) is 0.750. The molecule has 0 atom stereocenters. The molecule has 82 valence electrons. The van der Waals surface area contributed by atoms with Crippen molar-refractivity contribution in [3.05, 3.63) is 47.2 Å². The Morgan fingerprint density at radius 1 is 1.00 bits per heavy atom. The van der Waals surface area contributed by atoms with Gasteiger partial charge in [-0.05, 0) is 42.0 Å². The van der Waals surface area contributed by atoms with Gasteiger partial charge in [-0.3, -0.25) is 0 Å². The van der Waals surface area contributed by atoms with Crippen LogP contribution in [-0.4, -0.2) is 10.2 Å². The molecule has 4 heteroatoms. The van der Waals surface area contributed by atoms with Crippen molar-refractivity contribution >= 4 is 11.6 Å². The Bertz CT molecular complexity index is 520. The van der Waals surface area contributed by atoms with E-state index in [0.29, 0.717) is 10.6 Å². The Hall–Kier alpha value is -1.74. The highest BCUT2D eigenvalue weighted by Gasteiger charge is 2.07. The molecule has 16 heavy (non-hydrogen) atoms. The number of hydrogen-bond donors (Lipinski definition) is 2. The average molecular weight is 239 g/mol. The molecule has 0 unspecified atom stereocenters. The molecule has 2 aromatic rings. The highest BCUT2D eigenvalue weighted by molar-refractivity contribution is 6.31. The van der Waals surface area contributed by atoms with Gasteiger partial charge in [0.05, 0.1) is 0 Å². The van der Waals surface area contributed by atoms with Gasteiger partial charge in [-0.15, -0.1) is 0 Å². The van der Waals surface area contributed by atoms with Crippen LogP contribution in [0.25, 0.3) is 11.1 Å². The summed E-state index contributed by atoms with van der Waals surface area (Å²) in [5.74, 6) is -0.568. The quantitative estimate of drug-likeness (QED) is 0.798. The van der Waals surface area contributed by atoms with Crippen LogP contribution in [0.2, 0.25) is 5.02 Å². The van der Waals surface area contributed by atoms with Crippen LogP contribution in [-0.2, 0) is 0 Å². The lowest BCUT2D eigenvalue weighted by atomic mass is 10.0. The number of halogens is 2. The summed E-state index contributed by atoms with van der Waals surface area (Å²) in [6, 6.07) is 7.89. The van der Waals surface area contributed by atoms with Crippen molar-refractivity contribution in [1.82, 2.24) is 0 Å². The summed E-state index contributed by atoms with van der Waals surface area (Å²) >= 11 is 5.76. The van der Waals surface area contributed by atoms with Crippen molar-refractivity contribution in [3.63, 3.8) is 0 Å². The fourth-order valence-electron chi connectivity index (χ4n) is 1.47. The van der Waals surface area contributed by atoms with E-state index in [1.807, 2.05) is 0 Å². The Labute approximate surface area is 96.5 Å². The molecule has 2 N–H and O–H groups in total. The van der Waals surface area contributed by atoms with Crippen molar-refractivity contribution in [2.24, 2.45) is 0 Å². The van der Waals surface area contributed by atoms with E-state index < -0.39 is 5.82 Å². The van der Waals surface area contributed by atoms with E-state index >= 15 is 0 Å². The molecule has 0 heterocycles. The van der Waals surface area contributed by atoms with Crippen molar-refractivity contribution in [2.75, 3.05) is 0 Å². The normalized spacial score (nSPS) is 10.4. The fraction of sp³-hybridized carbons (Fsp3) is 0. The van der Waals surface area contributed by atoms with Crippen LogP contribution in [0.15, 0.2) is 36.4 Å². The van der Waals surface area contributed by atoms with E-state index in [4.69, 9.17) is 11.6 Å². The highest BCUT2D eigenvalue weighted by atomic mass is 35.5. The van der Waals surface area contributed by atoms with E-state index in [1.54, 1.807) is 0 Å². The second-order valence-corrected chi connectivity index (χ2v) is 3.80. The average Bonchev–Trinajstić information content (AvgIpc) is 2.20. The summed E-state index contributed by atoms with van der Waals surface area (Å²) in [7, 11) is 0. The zero-order chi connectivity index (χ0) is 11.7. The third-order valence-electron chi connectivity index (χ3n) is 2.15. The van der Waals surface area contributed by atoms with Crippen molar-refractivity contribution in [3.8, 4) is 22.6 Å². The number of hydrogen-bond acceptors (Lipinski definition) is 2. The fourth-order valence-corrected chi connectivity index (χ4v) is 1.70. The first-order valence-electron chi connectivity index (χ1n) is 4.55. The molecule has 2 rings (SSSR count). The molecule has 0 aliphatic rings. The molecule has 0 radical (unpaired) electrons. The molecule has 0 aliphatic carbocycles. The van der Waals surface area contributed by atoms with Crippen LogP contribution in [0.3, 0.4) is 0 Å². The van der Waals surface area contributed by atoms with Gasteiger partial charge in [0.15, 0.2) is 0 Å². The maximum Gasteiger partial charge on any atom is 0.124 e. The minimum absolute atomic E-state index is 0.0360. The molecule has 2 nitrogen and oxygen atoms in total. The Kier molecular flexibility index (Phi) is 2.71. The molecular weight excluding hydrogens is 231 g/mol. The summed E-state index contributed by atoms with van der Waals surface area (Å²) in [6.07, 6.45) is 0. The first kappa shape index (κ1) is 10.8. The van der Waals surface area contributed by atoms with Gasteiger partial charge in [-0.25, -0.2) is 4.39 Å². The van der Waals surface area contributed by atoms with E-state index in [2.05, 4.69) is 0 Å². The Morgan fingerprint density at radius 2 is 1.75 bits per heavy atom. The van der Waals surface area contributed by atoms with Crippen molar-refractivity contribution in [1.29, 1.82) is 0 Å². The monoisotopic (exact) mass is 238 g/mol. The molecule has 2 aromatic carbocycles. The third kappa shape index (κ3) is 2.09. The predicted octanol–water partition coefficient (Wildman–Crippen LogP) is 3.56. The van der Waals surface area contributed by atoms with Crippen LogP contribution in [0.1, 0.15) is 0 Å². The van der Waals surface area contributed by atoms with Crippen LogP contribution in [0.4, 0.5) is 4.39 Å². The number of phenols is 2. The lowest BCUT2D eigenvalue weighted by molar-refractivity contribution is 0.473. The topological polar surface area (TPSA) is 40.5 Å². The number of benzene rings is 2. The molecule has 0 bridgehead atoms. The van der Waals surface area contributed by atoms with Gasteiger partial charge in [0, 0.05) is 10.6 Å². The standard InChI is InChI=1S/C12H8ClFO2/c13-8-3-7(4-10(15)5-8)11-6-9(14)1-2-12(11)16/h1-6,15-16H. The van der Waals surface area contributed by atoms with Gasteiger partial charge in [0.2, 0.25) is 0 Å². The zero-order valence-corrected chi connectivity index (χ0v) is 8.87. The smallest absolute Gasteiger partial charge is 0.124 e. The summed E-state index contributed by atoms with van der Waals surface area (Å²) in [6.45, 7) is 0. The van der Waals surface area contributed by atoms with Crippen LogP contribution in [0.5, 0.6) is 11.5 Å².